The van der Waals surface area contributed by atoms with Gasteiger partial charge in [0.05, 0.1) is 28.4 Å². The zero-order chi connectivity index (χ0) is 24.4. The monoisotopic (exact) mass is 499 g/mol. The van der Waals surface area contributed by atoms with Gasteiger partial charge in [0.1, 0.15) is 0 Å². The molecule has 12 heteroatoms. The van der Waals surface area contributed by atoms with Crippen molar-refractivity contribution >= 4 is 44.3 Å². The van der Waals surface area contributed by atoms with E-state index in [2.05, 4.69) is 15.6 Å². The average Bonchev–Trinajstić information content (AvgIpc) is 2.71. The van der Waals surface area contributed by atoms with Crippen LogP contribution in [0.1, 0.15) is 16.7 Å². The average molecular weight is 500 g/mol. The number of sulfone groups is 1. The maximum absolute atomic E-state index is 13.0. The normalized spacial score (nSPS) is 16.7. The lowest BCUT2D eigenvalue weighted by Gasteiger charge is -2.22. The van der Waals surface area contributed by atoms with Crippen LogP contribution in [-0.2, 0) is 25.6 Å². The maximum atomic E-state index is 13.0. The predicted octanol–water partition coefficient (Wildman–Crippen LogP) is 3.32. The molecule has 7 nitrogen and oxygen atoms in total. The van der Waals surface area contributed by atoms with E-state index >= 15 is 0 Å². The molecule has 0 spiro atoms. The molecule has 0 saturated heterocycles. The van der Waals surface area contributed by atoms with Crippen molar-refractivity contribution in [2.24, 2.45) is 4.99 Å². The smallest absolute Gasteiger partial charge is 0.325 e. The topological polar surface area (TPSA) is 105 Å². The van der Waals surface area contributed by atoms with Crippen LogP contribution in [0.25, 0.3) is 0 Å². The molecule has 176 valence electrons. The molecule has 33 heavy (non-hydrogen) atoms. The molecule has 0 saturated carbocycles. The number of amidine groups is 1. The second kappa shape index (κ2) is 9.56. The third kappa shape index (κ3) is 5.74. The summed E-state index contributed by atoms with van der Waals surface area (Å²) in [5.41, 5.74) is 0.0334. The Morgan fingerprint density at radius 1 is 1.21 bits per heavy atom. The van der Waals surface area contributed by atoms with Crippen LogP contribution in [0, 0.1) is 13.8 Å². The van der Waals surface area contributed by atoms with Gasteiger partial charge in [0.2, 0.25) is 11.8 Å². The molecule has 0 fully saturated rings. The molecule has 1 heterocycles. The fourth-order valence-corrected chi connectivity index (χ4v) is 5.59. The number of nitrogens with zero attached hydrogens (tertiary/aromatic N) is 1. The van der Waals surface area contributed by atoms with Gasteiger partial charge in [0.15, 0.2) is 20.3 Å². The summed E-state index contributed by atoms with van der Waals surface area (Å²) < 4.78 is 65.0. The fourth-order valence-electron chi connectivity index (χ4n) is 3.23. The van der Waals surface area contributed by atoms with E-state index in [1.165, 1.54) is 18.2 Å². The summed E-state index contributed by atoms with van der Waals surface area (Å²) in [6.45, 7) is 3.13. The Morgan fingerprint density at radius 2 is 1.91 bits per heavy atom. The van der Waals surface area contributed by atoms with E-state index in [4.69, 9.17) is 0 Å². The maximum Gasteiger partial charge on any atom is 0.418 e. The number of para-hydroxylation sites is 1. The molecule has 0 radical (unpaired) electrons. The number of thioether (sulfide) groups is 1. The highest BCUT2D eigenvalue weighted by atomic mass is 32.2. The number of aryl methyl sites for hydroxylation is 2. The van der Waals surface area contributed by atoms with Gasteiger partial charge in [0, 0.05) is 0 Å². The van der Waals surface area contributed by atoms with Crippen LogP contribution in [0.5, 0.6) is 0 Å². The Balaban J connectivity index is 1.65. The van der Waals surface area contributed by atoms with Crippen molar-refractivity contribution in [1.29, 1.82) is 0 Å². The number of rotatable bonds is 5. The molecule has 0 bridgehead atoms. The van der Waals surface area contributed by atoms with Crippen LogP contribution in [0.15, 0.2) is 52.4 Å². The van der Waals surface area contributed by atoms with E-state index in [9.17, 15) is 31.2 Å². The van der Waals surface area contributed by atoms with Crippen LogP contribution in [0.2, 0.25) is 0 Å². The zero-order valence-electron chi connectivity index (χ0n) is 17.6. The summed E-state index contributed by atoms with van der Waals surface area (Å²) in [5.74, 6) is -1.85. The number of aliphatic imine (C=N–C) groups is 1. The quantitative estimate of drug-likeness (QED) is 0.657. The van der Waals surface area contributed by atoms with Gasteiger partial charge in [-0.1, -0.05) is 41.6 Å². The third-order valence-electron chi connectivity index (χ3n) is 4.78. The first-order valence-corrected chi connectivity index (χ1v) is 12.2. The number of halogens is 3. The van der Waals surface area contributed by atoms with Gasteiger partial charge in [-0.15, -0.1) is 0 Å². The Hall–Kier alpha value is -2.86. The first kappa shape index (κ1) is 24.8. The molecule has 1 atom stereocenters. The lowest BCUT2D eigenvalue weighted by Crippen LogP contribution is -2.47. The van der Waals surface area contributed by atoms with Crippen LogP contribution >= 0.6 is 11.8 Å². The first-order chi connectivity index (χ1) is 15.4. The van der Waals surface area contributed by atoms with Gasteiger partial charge < -0.3 is 10.6 Å². The van der Waals surface area contributed by atoms with Gasteiger partial charge in [-0.05, 0) is 37.6 Å². The van der Waals surface area contributed by atoms with Crippen molar-refractivity contribution in [2.75, 3.05) is 17.6 Å². The van der Waals surface area contributed by atoms with Crippen molar-refractivity contribution in [3.63, 3.8) is 0 Å². The number of hydrogen-bond acceptors (Lipinski definition) is 6. The molecule has 2 aromatic carbocycles. The number of alkyl halides is 3. The Kier molecular flexibility index (Phi) is 7.17. The minimum atomic E-state index is -4.63. The second-order valence-electron chi connectivity index (χ2n) is 7.32. The molecular formula is C21H20F3N3O4S2. The summed E-state index contributed by atoms with van der Waals surface area (Å²) in [4.78, 5) is 28.7. The zero-order valence-corrected chi connectivity index (χ0v) is 19.2. The number of anilines is 1. The summed E-state index contributed by atoms with van der Waals surface area (Å²) in [7, 11) is -3.99. The summed E-state index contributed by atoms with van der Waals surface area (Å²) in [5, 5.41) is 3.15. The third-order valence-corrected chi connectivity index (χ3v) is 7.88. The predicted molar refractivity (Wildman–Crippen MR) is 120 cm³/mol. The van der Waals surface area contributed by atoms with Crippen molar-refractivity contribution in [1.82, 2.24) is 5.32 Å². The highest BCUT2D eigenvalue weighted by Gasteiger charge is 2.38. The largest absolute Gasteiger partial charge is 0.418 e. The molecule has 2 aromatic rings. The Labute approximate surface area is 192 Å². The van der Waals surface area contributed by atoms with E-state index in [1.807, 2.05) is 6.92 Å². The van der Waals surface area contributed by atoms with E-state index in [0.717, 1.165) is 29.5 Å². The lowest BCUT2D eigenvalue weighted by atomic mass is 10.1. The molecule has 3 rings (SSSR count). The van der Waals surface area contributed by atoms with E-state index in [0.29, 0.717) is 5.56 Å². The van der Waals surface area contributed by atoms with Crippen LogP contribution in [-0.4, -0.2) is 42.9 Å². The fraction of sp³-hybridized carbons (Fsp3) is 0.286. The van der Waals surface area contributed by atoms with E-state index in [-0.39, 0.29) is 28.0 Å². The molecule has 1 aliphatic heterocycles. The highest BCUT2D eigenvalue weighted by molar-refractivity contribution is 8.14. The van der Waals surface area contributed by atoms with Gasteiger partial charge >= 0.3 is 6.18 Å². The first-order valence-electron chi connectivity index (χ1n) is 9.65. The standard InChI is InChI=1S/C21H20F3N3O4S2/c1-12-7-8-16(13(2)9-12)33(30,31)17-10-25-20(27-19(17)29)32-11-18(28)26-15-6-4-3-5-14(15)21(22,23)24/h3-9,17H,10-11H2,1-2H3,(H,26,28)(H,25,27,29). The van der Waals surface area contributed by atoms with E-state index in [1.54, 1.807) is 19.1 Å². The highest BCUT2D eigenvalue weighted by Crippen LogP contribution is 2.34. The lowest BCUT2D eigenvalue weighted by molar-refractivity contribution is -0.137. The number of amides is 2. The van der Waals surface area contributed by atoms with Crippen molar-refractivity contribution < 1.29 is 31.2 Å². The second-order valence-corrected chi connectivity index (χ2v) is 10.4. The Bertz CT molecular complexity index is 1230. The van der Waals surface area contributed by atoms with Crippen molar-refractivity contribution in [3.8, 4) is 0 Å². The summed E-state index contributed by atoms with van der Waals surface area (Å²) in [6, 6.07) is 9.35. The molecule has 1 aliphatic rings. The summed E-state index contributed by atoms with van der Waals surface area (Å²) >= 11 is 0.785. The van der Waals surface area contributed by atoms with Crippen molar-refractivity contribution in [3.05, 3.63) is 59.2 Å². The van der Waals surface area contributed by atoms with E-state index < -0.39 is 38.6 Å². The van der Waals surface area contributed by atoms with Gasteiger partial charge in [-0.2, -0.15) is 13.2 Å². The molecular weight excluding hydrogens is 479 g/mol. The minimum absolute atomic E-state index is 0.0198. The van der Waals surface area contributed by atoms with Crippen LogP contribution in [0.3, 0.4) is 0 Å². The minimum Gasteiger partial charge on any atom is -0.325 e. The number of benzene rings is 2. The van der Waals surface area contributed by atoms with Gasteiger partial charge in [-0.3, -0.25) is 14.6 Å². The molecule has 0 aromatic heterocycles. The molecule has 0 aliphatic carbocycles. The van der Waals surface area contributed by atoms with Gasteiger partial charge in [-0.25, -0.2) is 8.42 Å². The SMILES string of the molecule is Cc1ccc(S(=O)(=O)C2CN=C(SCC(=O)Nc3ccccc3C(F)(F)F)NC2=O)c(C)c1. The number of carbonyl (C=O) groups excluding carboxylic acids is 2. The summed E-state index contributed by atoms with van der Waals surface area (Å²) in [6.07, 6.45) is -4.63. The van der Waals surface area contributed by atoms with Gasteiger partial charge in [0.25, 0.3) is 0 Å². The number of carbonyl (C=O) groups is 2. The Morgan fingerprint density at radius 3 is 2.55 bits per heavy atom. The number of nitrogens with one attached hydrogen (secondary N) is 2. The van der Waals surface area contributed by atoms with Crippen LogP contribution < -0.4 is 10.6 Å². The molecule has 2 amide bonds. The van der Waals surface area contributed by atoms with Crippen LogP contribution in [0.4, 0.5) is 18.9 Å². The number of hydrogen-bond donors (Lipinski definition) is 2. The molecule has 2 N–H and O–H groups in total. The molecule has 1 unspecified atom stereocenters. The van der Waals surface area contributed by atoms with Crippen molar-refractivity contribution in [2.45, 2.75) is 30.2 Å².